The third-order valence-corrected chi connectivity index (χ3v) is 2.51. The number of hydrogen-bond acceptors (Lipinski definition) is 2. The molecule has 0 spiro atoms. The lowest BCUT2D eigenvalue weighted by Gasteiger charge is -2.05. The van der Waals surface area contributed by atoms with E-state index in [1.54, 1.807) is 10.9 Å². The van der Waals surface area contributed by atoms with Gasteiger partial charge in [0.25, 0.3) is 0 Å². The second-order valence-corrected chi connectivity index (χ2v) is 4.06. The van der Waals surface area contributed by atoms with Crippen molar-refractivity contribution in [2.45, 2.75) is 13.1 Å². The summed E-state index contributed by atoms with van der Waals surface area (Å²) in [5.41, 5.74) is 8.01. The van der Waals surface area contributed by atoms with E-state index in [2.05, 4.69) is 15.4 Å². The van der Waals surface area contributed by atoms with Crippen molar-refractivity contribution in [3.63, 3.8) is 0 Å². The molecule has 0 bridgehead atoms. The van der Waals surface area contributed by atoms with Crippen LogP contribution in [0.15, 0.2) is 47.7 Å². The van der Waals surface area contributed by atoms with Gasteiger partial charge < -0.3 is 11.1 Å². The van der Waals surface area contributed by atoms with Crippen molar-refractivity contribution in [2.24, 2.45) is 17.8 Å². The monoisotopic (exact) mass is 243 g/mol. The Labute approximate surface area is 106 Å². The second-order valence-electron chi connectivity index (χ2n) is 4.06. The van der Waals surface area contributed by atoms with E-state index in [9.17, 15) is 0 Å². The van der Waals surface area contributed by atoms with Gasteiger partial charge in [-0.25, -0.2) is 4.99 Å². The Kier molecular flexibility index (Phi) is 3.96. The average Bonchev–Trinajstić information content (AvgIpc) is 2.81. The molecule has 0 aliphatic rings. The molecule has 5 heteroatoms. The van der Waals surface area contributed by atoms with E-state index in [0.29, 0.717) is 19.0 Å². The molecular formula is C13H17N5. The van der Waals surface area contributed by atoms with Crippen molar-refractivity contribution in [1.29, 1.82) is 0 Å². The van der Waals surface area contributed by atoms with Crippen molar-refractivity contribution in [3.8, 4) is 0 Å². The van der Waals surface area contributed by atoms with Crippen LogP contribution < -0.4 is 11.1 Å². The molecule has 3 N–H and O–H groups in total. The van der Waals surface area contributed by atoms with Crippen LogP contribution in [0, 0.1) is 0 Å². The van der Waals surface area contributed by atoms with Gasteiger partial charge in [-0.15, -0.1) is 0 Å². The summed E-state index contributed by atoms with van der Waals surface area (Å²) in [7, 11) is 1.88. The van der Waals surface area contributed by atoms with Gasteiger partial charge in [0.2, 0.25) is 0 Å². The van der Waals surface area contributed by atoms with E-state index in [1.165, 1.54) is 5.56 Å². The molecule has 0 amide bonds. The normalized spacial score (nSPS) is 11.5. The van der Waals surface area contributed by atoms with Gasteiger partial charge in [0, 0.05) is 25.4 Å². The van der Waals surface area contributed by atoms with Crippen LogP contribution in [0.3, 0.4) is 0 Å². The van der Waals surface area contributed by atoms with Gasteiger partial charge in [-0.3, -0.25) is 4.68 Å². The molecule has 0 unspecified atom stereocenters. The lowest BCUT2D eigenvalue weighted by molar-refractivity contribution is 0.766. The van der Waals surface area contributed by atoms with E-state index >= 15 is 0 Å². The molecule has 94 valence electrons. The molecule has 2 rings (SSSR count). The Morgan fingerprint density at radius 2 is 2.11 bits per heavy atom. The van der Waals surface area contributed by atoms with E-state index < -0.39 is 0 Å². The summed E-state index contributed by atoms with van der Waals surface area (Å²) in [5.74, 6) is 0.447. The zero-order valence-corrected chi connectivity index (χ0v) is 10.4. The van der Waals surface area contributed by atoms with Crippen molar-refractivity contribution in [1.82, 2.24) is 15.1 Å². The maximum atomic E-state index is 5.79. The molecule has 0 radical (unpaired) electrons. The van der Waals surface area contributed by atoms with Crippen molar-refractivity contribution < 1.29 is 0 Å². The number of nitrogens with two attached hydrogens (primary N) is 1. The largest absolute Gasteiger partial charge is 0.370 e. The summed E-state index contributed by atoms with van der Waals surface area (Å²) in [4.78, 5) is 4.25. The lowest BCUT2D eigenvalue weighted by Crippen LogP contribution is -2.31. The van der Waals surface area contributed by atoms with Crippen LogP contribution in [0.25, 0.3) is 0 Å². The van der Waals surface area contributed by atoms with Crippen molar-refractivity contribution >= 4 is 5.96 Å². The van der Waals surface area contributed by atoms with Gasteiger partial charge in [-0.05, 0) is 5.56 Å². The second kappa shape index (κ2) is 5.86. The summed E-state index contributed by atoms with van der Waals surface area (Å²) in [6.07, 6.45) is 3.71. The maximum Gasteiger partial charge on any atom is 0.189 e. The number of nitrogens with one attached hydrogen (secondary N) is 1. The first-order chi connectivity index (χ1) is 8.74. The smallest absolute Gasteiger partial charge is 0.189 e. The van der Waals surface area contributed by atoms with Crippen LogP contribution in [0.4, 0.5) is 0 Å². The number of hydrogen-bond donors (Lipinski definition) is 2. The SMILES string of the molecule is Cn1cc(CN=C(N)NCc2ccccc2)cn1. The first-order valence-electron chi connectivity index (χ1n) is 5.79. The van der Waals surface area contributed by atoms with Gasteiger partial charge in [-0.1, -0.05) is 30.3 Å². The molecule has 0 saturated heterocycles. The average molecular weight is 243 g/mol. The summed E-state index contributed by atoms with van der Waals surface area (Å²) in [6.45, 7) is 1.23. The first kappa shape index (κ1) is 12.2. The number of benzene rings is 1. The number of guanidine groups is 1. The highest BCUT2D eigenvalue weighted by atomic mass is 15.2. The zero-order chi connectivity index (χ0) is 12.8. The Hall–Kier alpha value is -2.30. The number of rotatable bonds is 4. The van der Waals surface area contributed by atoms with Crippen molar-refractivity contribution in [3.05, 3.63) is 53.9 Å². The third kappa shape index (κ3) is 3.62. The number of nitrogens with zero attached hydrogens (tertiary/aromatic N) is 3. The van der Waals surface area contributed by atoms with E-state index in [-0.39, 0.29) is 0 Å². The van der Waals surface area contributed by atoms with Gasteiger partial charge in [0.1, 0.15) is 0 Å². The van der Waals surface area contributed by atoms with Gasteiger partial charge in [0.05, 0.1) is 12.7 Å². The lowest BCUT2D eigenvalue weighted by atomic mass is 10.2. The van der Waals surface area contributed by atoms with Crippen LogP contribution in [0.5, 0.6) is 0 Å². The topological polar surface area (TPSA) is 68.2 Å². The zero-order valence-electron chi connectivity index (χ0n) is 10.4. The molecule has 2 aromatic rings. The van der Waals surface area contributed by atoms with Gasteiger partial charge in [0.15, 0.2) is 5.96 Å². The predicted octanol–water partition coefficient (Wildman–Crippen LogP) is 1.02. The third-order valence-electron chi connectivity index (χ3n) is 2.51. The van der Waals surface area contributed by atoms with Gasteiger partial charge >= 0.3 is 0 Å². The van der Waals surface area contributed by atoms with Crippen LogP contribution in [-0.4, -0.2) is 15.7 Å². The van der Waals surface area contributed by atoms with E-state index in [4.69, 9.17) is 5.73 Å². The Balaban J connectivity index is 1.82. The minimum Gasteiger partial charge on any atom is -0.370 e. The van der Waals surface area contributed by atoms with Crippen LogP contribution in [0.2, 0.25) is 0 Å². The number of aromatic nitrogens is 2. The summed E-state index contributed by atoms with van der Waals surface area (Å²) in [5, 5.41) is 7.15. The fraction of sp³-hybridized carbons (Fsp3) is 0.231. The number of aryl methyl sites for hydroxylation is 1. The molecule has 0 aliphatic carbocycles. The molecule has 1 heterocycles. The minimum absolute atomic E-state index is 0.447. The Bertz CT molecular complexity index is 515. The Morgan fingerprint density at radius 1 is 1.33 bits per heavy atom. The van der Waals surface area contributed by atoms with Crippen molar-refractivity contribution in [2.75, 3.05) is 0 Å². The fourth-order valence-corrected chi connectivity index (χ4v) is 1.57. The minimum atomic E-state index is 0.447. The molecule has 5 nitrogen and oxygen atoms in total. The summed E-state index contributed by atoms with van der Waals surface area (Å²) < 4.78 is 1.75. The maximum absolute atomic E-state index is 5.79. The molecule has 1 aromatic heterocycles. The summed E-state index contributed by atoms with van der Waals surface area (Å²) in [6, 6.07) is 10.1. The molecule has 18 heavy (non-hydrogen) atoms. The van der Waals surface area contributed by atoms with Crippen LogP contribution in [-0.2, 0) is 20.1 Å². The van der Waals surface area contributed by atoms with Gasteiger partial charge in [-0.2, -0.15) is 5.10 Å². The highest BCUT2D eigenvalue weighted by Crippen LogP contribution is 1.99. The molecular weight excluding hydrogens is 226 g/mol. The highest BCUT2D eigenvalue weighted by Gasteiger charge is 1.96. The standard InChI is InChI=1S/C13H17N5/c1-18-10-12(9-17-18)8-16-13(14)15-7-11-5-3-2-4-6-11/h2-6,9-10H,7-8H2,1H3,(H3,14,15,16). The number of aliphatic imine (C=N–C) groups is 1. The summed E-state index contributed by atoms with van der Waals surface area (Å²) >= 11 is 0. The van der Waals surface area contributed by atoms with E-state index in [1.807, 2.05) is 43.6 Å². The van der Waals surface area contributed by atoms with Crippen LogP contribution >= 0.6 is 0 Å². The first-order valence-corrected chi connectivity index (χ1v) is 5.79. The van der Waals surface area contributed by atoms with Crippen LogP contribution in [0.1, 0.15) is 11.1 Å². The fourth-order valence-electron chi connectivity index (χ4n) is 1.57. The molecule has 0 saturated carbocycles. The molecule has 0 atom stereocenters. The quantitative estimate of drug-likeness (QED) is 0.622. The Morgan fingerprint density at radius 3 is 2.78 bits per heavy atom. The predicted molar refractivity (Wildman–Crippen MR) is 71.8 cm³/mol. The molecule has 0 fully saturated rings. The highest BCUT2D eigenvalue weighted by molar-refractivity contribution is 5.77. The molecule has 1 aromatic carbocycles. The molecule has 0 aliphatic heterocycles. The van der Waals surface area contributed by atoms with E-state index in [0.717, 1.165) is 5.56 Å².